The number of rotatable bonds is 7. The lowest BCUT2D eigenvalue weighted by Crippen LogP contribution is -2.37. The second-order valence-electron chi connectivity index (χ2n) is 6.81. The van der Waals surface area contributed by atoms with Crippen LogP contribution in [0.5, 0.6) is 5.75 Å². The fourth-order valence-electron chi connectivity index (χ4n) is 2.82. The van der Waals surface area contributed by atoms with Crippen LogP contribution in [0.15, 0.2) is 47.5 Å². The fourth-order valence-corrected chi connectivity index (χ4v) is 2.82. The second-order valence-corrected chi connectivity index (χ2v) is 6.81. The Hall–Kier alpha value is -3.02. The lowest BCUT2D eigenvalue weighted by molar-refractivity contribution is 0.0827. The van der Waals surface area contributed by atoms with Gasteiger partial charge in [0.15, 0.2) is 5.96 Å². The zero-order valence-corrected chi connectivity index (χ0v) is 17.4. The fraction of sp³-hybridized carbons (Fsp3) is 0.364. The molecule has 0 spiro atoms. The third kappa shape index (κ3) is 6.01. The Balaban J connectivity index is 1.86. The van der Waals surface area contributed by atoms with E-state index in [1.807, 2.05) is 43.3 Å². The SMILES string of the molecule is CN=C(NCCc1cccc(C(=O)N(C)C)c1)NCc1ccc(C)c(OC)c1. The van der Waals surface area contributed by atoms with E-state index in [1.54, 1.807) is 33.2 Å². The van der Waals surface area contributed by atoms with Crippen LogP contribution in [0.25, 0.3) is 0 Å². The van der Waals surface area contributed by atoms with Crippen molar-refractivity contribution in [3.05, 3.63) is 64.7 Å². The molecule has 1 amide bonds. The summed E-state index contributed by atoms with van der Waals surface area (Å²) in [6.45, 7) is 3.40. The topological polar surface area (TPSA) is 66.0 Å². The molecule has 0 aliphatic carbocycles. The summed E-state index contributed by atoms with van der Waals surface area (Å²) in [6, 6.07) is 13.9. The highest BCUT2D eigenvalue weighted by Crippen LogP contribution is 2.18. The predicted octanol–water partition coefficient (Wildman–Crippen LogP) is 2.61. The maximum absolute atomic E-state index is 12.1. The Morgan fingerprint density at radius 2 is 1.89 bits per heavy atom. The van der Waals surface area contributed by atoms with E-state index in [9.17, 15) is 4.79 Å². The molecule has 0 unspecified atom stereocenters. The van der Waals surface area contributed by atoms with Gasteiger partial charge in [-0.2, -0.15) is 0 Å². The highest BCUT2D eigenvalue weighted by atomic mass is 16.5. The van der Waals surface area contributed by atoms with Crippen molar-refractivity contribution in [1.29, 1.82) is 0 Å². The molecule has 0 bridgehead atoms. The van der Waals surface area contributed by atoms with Gasteiger partial charge in [-0.05, 0) is 48.2 Å². The molecule has 0 aromatic heterocycles. The Kier molecular flexibility index (Phi) is 7.87. The van der Waals surface area contributed by atoms with Crippen LogP contribution < -0.4 is 15.4 Å². The molecule has 0 atom stereocenters. The molecule has 0 aliphatic heterocycles. The molecule has 2 rings (SSSR count). The predicted molar refractivity (Wildman–Crippen MR) is 114 cm³/mol. The van der Waals surface area contributed by atoms with Crippen molar-refractivity contribution in [2.24, 2.45) is 4.99 Å². The van der Waals surface area contributed by atoms with E-state index in [4.69, 9.17) is 4.74 Å². The average molecular weight is 383 g/mol. The molecule has 0 saturated heterocycles. The molecule has 2 N–H and O–H groups in total. The van der Waals surface area contributed by atoms with Crippen LogP contribution in [-0.2, 0) is 13.0 Å². The normalized spacial score (nSPS) is 11.1. The van der Waals surface area contributed by atoms with Gasteiger partial charge in [-0.25, -0.2) is 0 Å². The molecule has 150 valence electrons. The van der Waals surface area contributed by atoms with Crippen molar-refractivity contribution in [2.75, 3.05) is 34.8 Å². The van der Waals surface area contributed by atoms with Gasteiger partial charge < -0.3 is 20.3 Å². The lowest BCUT2D eigenvalue weighted by Gasteiger charge is -2.14. The number of aliphatic imine (C=N–C) groups is 1. The molecule has 0 aliphatic rings. The summed E-state index contributed by atoms with van der Waals surface area (Å²) in [5.74, 6) is 1.63. The summed E-state index contributed by atoms with van der Waals surface area (Å²) in [6.07, 6.45) is 0.799. The minimum Gasteiger partial charge on any atom is -0.496 e. The van der Waals surface area contributed by atoms with E-state index in [0.717, 1.165) is 41.4 Å². The van der Waals surface area contributed by atoms with Crippen LogP contribution in [0.3, 0.4) is 0 Å². The average Bonchev–Trinajstić information content (AvgIpc) is 2.71. The van der Waals surface area contributed by atoms with E-state index in [2.05, 4.69) is 21.7 Å². The molecule has 6 heteroatoms. The van der Waals surface area contributed by atoms with E-state index in [-0.39, 0.29) is 5.91 Å². The molecule has 2 aromatic carbocycles. The summed E-state index contributed by atoms with van der Waals surface area (Å²) in [5.41, 5.74) is 4.06. The van der Waals surface area contributed by atoms with E-state index < -0.39 is 0 Å². The van der Waals surface area contributed by atoms with Crippen LogP contribution in [0.1, 0.15) is 27.0 Å². The summed E-state index contributed by atoms with van der Waals surface area (Å²) in [4.78, 5) is 17.9. The van der Waals surface area contributed by atoms with Gasteiger partial charge in [0.05, 0.1) is 7.11 Å². The zero-order valence-electron chi connectivity index (χ0n) is 17.4. The van der Waals surface area contributed by atoms with Gasteiger partial charge in [-0.3, -0.25) is 9.79 Å². The molecule has 6 nitrogen and oxygen atoms in total. The van der Waals surface area contributed by atoms with Gasteiger partial charge in [0.25, 0.3) is 5.91 Å². The van der Waals surface area contributed by atoms with Crippen LogP contribution >= 0.6 is 0 Å². The van der Waals surface area contributed by atoms with Gasteiger partial charge in [-0.1, -0.05) is 24.3 Å². The minimum absolute atomic E-state index is 0.0146. The highest BCUT2D eigenvalue weighted by Gasteiger charge is 2.08. The van der Waals surface area contributed by atoms with Crippen molar-refractivity contribution in [3.8, 4) is 5.75 Å². The van der Waals surface area contributed by atoms with Crippen LogP contribution in [-0.4, -0.2) is 51.6 Å². The first-order chi connectivity index (χ1) is 13.4. The Morgan fingerprint density at radius 1 is 1.11 bits per heavy atom. The van der Waals surface area contributed by atoms with Crippen LogP contribution in [0.2, 0.25) is 0 Å². The largest absolute Gasteiger partial charge is 0.496 e. The summed E-state index contributed by atoms with van der Waals surface area (Å²) < 4.78 is 5.37. The summed E-state index contributed by atoms with van der Waals surface area (Å²) >= 11 is 0. The number of carbonyl (C=O) groups excluding carboxylic acids is 1. The van der Waals surface area contributed by atoms with Gasteiger partial charge >= 0.3 is 0 Å². The summed E-state index contributed by atoms with van der Waals surface area (Å²) in [7, 11) is 6.95. The number of amides is 1. The number of carbonyl (C=O) groups is 1. The first-order valence-corrected chi connectivity index (χ1v) is 9.33. The van der Waals surface area contributed by atoms with E-state index >= 15 is 0 Å². The monoisotopic (exact) mass is 382 g/mol. The molecule has 0 saturated carbocycles. The third-order valence-electron chi connectivity index (χ3n) is 4.44. The maximum atomic E-state index is 12.1. The number of aryl methyl sites for hydroxylation is 1. The molecule has 0 fully saturated rings. The molecule has 0 radical (unpaired) electrons. The number of ether oxygens (including phenoxy) is 1. The van der Waals surface area contributed by atoms with Gasteiger partial charge in [0.2, 0.25) is 0 Å². The zero-order chi connectivity index (χ0) is 20.5. The molecular weight excluding hydrogens is 352 g/mol. The van der Waals surface area contributed by atoms with Crippen LogP contribution in [0.4, 0.5) is 0 Å². The summed E-state index contributed by atoms with van der Waals surface area (Å²) in [5, 5.41) is 6.62. The number of nitrogens with zero attached hydrogens (tertiary/aromatic N) is 2. The number of nitrogens with one attached hydrogen (secondary N) is 2. The van der Waals surface area contributed by atoms with E-state index in [1.165, 1.54) is 0 Å². The molecular formula is C22H30N4O2. The van der Waals surface area contributed by atoms with E-state index in [0.29, 0.717) is 12.1 Å². The van der Waals surface area contributed by atoms with Crippen LogP contribution in [0, 0.1) is 6.92 Å². The van der Waals surface area contributed by atoms with Gasteiger partial charge in [0.1, 0.15) is 5.75 Å². The smallest absolute Gasteiger partial charge is 0.253 e. The lowest BCUT2D eigenvalue weighted by atomic mass is 10.1. The minimum atomic E-state index is 0.0146. The number of methoxy groups -OCH3 is 1. The molecule has 2 aromatic rings. The Morgan fingerprint density at radius 3 is 2.57 bits per heavy atom. The number of hydrogen-bond acceptors (Lipinski definition) is 3. The van der Waals surface area contributed by atoms with Crippen molar-refractivity contribution in [2.45, 2.75) is 19.9 Å². The quantitative estimate of drug-likeness (QED) is 0.571. The second kappa shape index (κ2) is 10.3. The number of guanidine groups is 1. The molecule has 0 heterocycles. The number of benzene rings is 2. The first-order valence-electron chi connectivity index (χ1n) is 9.33. The van der Waals surface area contributed by atoms with Gasteiger partial charge in [-0.15, -0.1) is 0 Å². The third-order valence-corrected chi connectivity index (χ3v) is 4.44. The maximum Gasteiger partial charge on any atom is 0.253 e. The first kappa shape index (κ1) is 21.3. The molecule has 28 heavy (non-hydrogen) atoms. The standard InChI is InChI=1S/C22H30N4O2/c1-16-9-10-18(14-20(16)28-5)15-25-22(23-2)24-12-11-17-7-6-8-19(13-17)21(27)26(3)4/h6-10,13-14H,11-12,15H2,1-5H3,(H2,23,24,25). The Labute approximate surface area is 167 Å². The van der Waals surface area contributed by atoms with Crippen molar-refractivity contribution >= 4 is 11.9 Å². The van der Waals surface area contributed by atoms with Crippen molar-refractivity contribution < 1.29 is 9.53 Å². The van der Waals surface area contributed by atoms with Gasteiger partial charge in [0, 0.05) is 39.8 Å². The van der Waals surface area contributed by atoms with Crippen molar-refractivity contribution in [1.82, 2.24) is 15.5 Å². The number of hydrogen-bond donors (Lipinski definition) is 2. The van der Waals surface area contributed by atoms with Crippen molar-refractivity contribution in [3.63, 3.8) is 0 Å². The highest BCUT2D eigenvalue weighted by molar-refractivity contribution is 5.94. The Bertz CT molecular complexity index is 831.